The van der Waals surface area contributed by atoms with Gasteiger partial charge in [0.2, 0.25) is 5.91 Å². The number of carbonyl (C=O) groups excluding carboxylic acids is 2. The Labute approximate surface area is 192 Å². The predicted octanol–water partition coefficient (Wildman–Crippen LogP) is 5.00. The van der Waals surface area contributed by atoms with Crippen LogP contribution < -0.4 is 9.80 Å². The molecule has 1 saturated carbocycles. The number of piperidine rings is 1. The Morgan fingerprint density at radius 3 is 2.42 bits per heavy atom. The lowest BCUT2D eigenvalue weighted by Crippen LogP contribution is -2.55. The molecule has 31 heavy (non-hydrogen) atoms. The van der Waals surface area contributed by atoms with Gasteiger partial charge in [0.1, 0.15) is 6.04 Å². The molecule has 1 saturated heterocycles. The molecule has 0 aromatic heterocycles. The molecule has 5 rings (SSSR count). The van der Waals surface area contributed by atoms with Crippen molar-refractivity contribution in [2.45, 2.75) is 44.2 Å². The summed E-state index contributed by atoms with van der Waals surface area (Å²) in [6.07, 6.45) is 4.89. The predicted molar refractivity (Wildman–Crippen MR) is 124 cm³/mol. The summed E-state index contributed by atoms with van der Waals surface area (Å²) in [5, 5.41) is 0.812. The van der Waals surface area contributed by atoms with Crippen LogP contribution in [0.2, 0.25) is 10.0 Å². The molecule has 2 aliphatic heterocycles. The summed E-state index contributed by atoms with van der Waals surface area (Å²) >= 11 is 12.4. The van der Waals surface area contributed by atoms with Crippen LogP contribution in [0.4, 0.5) is 11.4 Å². The van der Waals surface area contributed by atoms with E-state index in [-0.39, 0.29) is 11.8 Å². The molecule has 1 atom stereocenters. The first kappa shape index (κ1) is 20.7. The van der Waals surface area contributed by atoms with E-state index in [1.54, 1.807) is 23.1 Å². The van der Waals surface area contributed by atoms with Crippen molar-refractivity contribution in [2.24, 2.45) is 0 Å². The summed E-state index contributed by atoms with van der Waals surface area (Å²) in [6, 6.07) is 13.1. The zero-order chi connectivity index (χ0) is 21.5. The van der Waals surface area contributed by atoms with E-state index in [1.807, 2.05) is 23.1 Å². The van der Waals surface area contributed by atoms with Crippen molar-refractivity contribution in [1.82, 2.24) is 4.90 Å². The Morgan fingerprint density at radius 2 is 1.65 bits per heavy atom. The van der Waals surface area contributed by atoms with Crippen LogP contribution in [0.3, 0.4) is 0 Å². The molecule has 2 heterocycles. The van der Waals surface area contributed by atoms with Crippen molar-refractivity contribution in [2.75, 3.05) is 29.4 Å². The van der Waals surface area contributed by atoms with Gasteiger partial charge in [-0.05, 0) is 62.4 Å². The van der Waals surface area contributed by atoms with Crippen LogP contribution >= 0.6 is 23.2 Å². The minimum absolute atomic E-state index is 0.00547. The minimum atomic E-state index is -0.489. The Morgan fingerprint density at radius 1 is 0.871 bits per heavy atom. The van der Waals surface area contributed by atoms with Crippen molar-refractivity contribution in [1.29, 1.82) is 0 Å². The average Bonchev–Trinajstić information content (AvgIpc) is 3.64. The highest BCUT2D eigenvalue weighted by Crippen LogP contribution is 2.40. The van der Waals surface area contributed by atoms with E-state index >= 15 is 0 Å². The molecule has 7 heteroatoms. The van der Waals surface area contributed by atoms with Crippen molar-refractivity contribution >= 4 is 46.4 Å². The second-order valence-electron chi connectivity index (χ2n) is 8.54. The molecular weight excluding hydrogens is 433 g/mol. The quantitative estimate of drug-likeness (QED) is 0.650. The maximum Gasteiger partial charge on any atom is 0.256 e. The molecule has 0 spiro atoms. The number of benzene rings is 2. The number of carbonyl (C=O) groups is 2. The van der Waals surface area contributed by atoms with Gasteiger partial charge in [0.05, 0.1) is 22.0 Å². The van der Waals surface area contributed by atoms with Crippen molar-refractivity contribution in [3.63, 3.8) is 0 Å². The van der Waals surface area contributed by atoms with Gasteiger partial charge in [-0.3, -0.25) is 9.59 Å². The summed E-state index contributed by atoms with van der Waals surface area (Å²) in [4.78, 5) is 33.1. The molecule has 3 aliphatic rings. The van der Waals surface area contributed by atoms with Gasteiger partial charge in [-0.2, -0.15) is 0 Å². The molecular formula is C24H25Cl2N3O2. The molecule has 2 aromatic carbocycles. The lowest BCUT2D eigenvalue weighted by atomic mass is 9.98. The number of anilines is 2. The highest BCUT2D eigenvalue weighted by atomic mass is 35.5. The van der Waals surface area contributed by atoms with E-state index in [4.69, 9.17) is 23.2 Å². The Hall–Kier alpha value is -2.24. The largest absolute Gasteiger partial charge is 0.365 e. The number of fused-ring (bicyclic) bond motifs is 1. The van der Waals surface area contributed by atoms with Gasteiger partial charge >= 0.3 is 0 Å². The highest BCUT2D eigenvalue weighted by molar-refractivity contribution is 6.35. The van der Waals surface area contributed by atoms with E-state index in [1.165, 1.54) is 12.8 Å². The topological polar surface area (TPSA) is 43.9 Å². The number of amides is 2. The van der Waals surface area contributed by atoms with E-state index in [0.29, 0.717) is 41.2 Å². The zero-order valence-corrected chi connectivity index (χ0v) is 18.8. The van der Waals surface area contributed by atoms with Crippen LogP contribution in [-0.2, 0) is 4.79 Å². The molecule has 5 nitrogen and oxygen atoms in total. The van der Waals surface area contributed by atoms with Crippen molar-refractivity contribution in [3.8, 4) is 0 Å². The summed E-state index contributed by atoms with van der Waals surface area (Å²) in [5.74, 6) is -0.232. The first-order valence-corrected chi connectivity index (χ1v) is 11.7. The maximum absolute atomic E-state index is 13.8. The summed E-state index contributed by atoms with van der Waals surface area (Å²) < 4.78 is 0. The molecule has 0 bridgehead atoms. The summed E-state index contributed by atoms with van der Waals surface area (Å²) in [5.41, 5.74) is 2.42. The van der Waals surface area contributed by atoms with Crippen LogP contribution in [-0.4, -0.2) is 48.4 Å². The maximum atomic E-state index is 13.8. The lowest BCUT2D eigenvalue weighted by molar-refractivity contribution is -0.124. The average molecular weight is 458 g/mol. The van der Waals surface area contributed by atoms with Gasteiger partial charge in [-0.15, -0.1) is 0 Å². The molecule has 0 unspecified atom stereocenters. The first-order chi connectivity index (χ1) is 15.0. The molecule has 0 radical (unpaired) electrons. The van der Waals surface area contributed by atoms with E-state index < -0.39 is 6.04 Å². The van der Waals surface area contributed by atoms with E-state index in [0.717, 1.165) is 30.8 Å². The van der Waals surface area contributed by atoms with Crippen LogP contribution in [0, 0.1) is 0 Å². The molecule has 162 valence electrons. The SMILES string of the molecule is O=C([C@@H]1CCCCN1C(=O)c1cc(Cl)ccc1Cl)N1CCN(C2CC2)c2ccccc21. The van der Waals surface area contributed by atoms with Crippen molar-refractivity contribution in [3.05, 3.63) is 58.1 Å². The molecule has 2 amide bonds. The number of rotatable bonds is 3. The van der Waals surface area contributed by atoms with Gasteiger partial charge < -0.3 is 14.7 Å². The molecule has 2 fully saturated rings. The number of hydrogen-bond donors (Lipinski definition) is 0. The van der Waals surface area contributed by atoms with Gasteiger partial charge in [0.15, 0.2) is 0 Å². The zero-order valence-electron chi connectivity index (χ0n) is 17.3. The van der Waals surface area contributed by atoms with Crippen LogP contribution in [0.5, 0.6) is 0 Å². The first-order valence-electron chi connectivity index (χ1n) is 11.0. The molecule has 0 N–H and O–H groups in total. The number of likely N-dealkylation sites (tertiary alicyclic amines) is 1. The fourth-order valence-corrected chi connectivity index (χ4v) is 5.18. The smallest absolute Gasteiger partial charge is 0.256 e. The third kappa shape index (κ3) is 3.90. The van der Waals surface area contributed by atoms with Crippen LogP contribution in [0.1, 0.15) is 42.5 Å². The number of halogens is 2. The van der Waals surface area contributed by atoms with Gasteiger partial charge in [-0.25, -0.2) is 0 Å². The van der Waals surface area contributed by atoms with Gasteiger partial charge in [0, 0.05) is 30.7 Å². The number of hydrogen-bond acceptors (Lipinski definition) is 3. The third-order valence-electron chi connectivity index (χ3n) is 6.51. The van der Waals surface area contributed by atoms with Crippen LogP contribution in [0.15, 0.2) is 42.5 Å². The Balaban J connectivity index is 1.44. The summed E-state index contributed by atoms with van der Waals surface area (Å²) in [6.45, 7) is 2.01. The number of para-hydroxylation sites is 2. The number of nitrogens with zero attached hydrogens (tertiary/aromatic N) is 3. The standard InChI is InChI=1S/C24H25Cl2N3O2/c25-16-8-11-19(26)18(15-16)23(30)28-12-4-3-7-22(28)24(31)29-14-13-27(17-9-10-17)20-5-1-2-6-21(20)29/h1-2,5-6,8,11,15,17,22H,3-4,7,9-10,12-14H2/t22-/m0/s1. The highest BCUT2D eigenvalue weighted by Gasteiger charge is 2.40. The third-order valence-corrected chi connectivity index (χ3v) is 7.07. The Kier molecular flexibility index (Phi) is 5.57. The minimum Gasteiger partial charge on any atom is -0.365 e. The second-order valence-corrected chi connectivity index (χ2v) is 9.38. The normalized spacial score (nSPS) is 21.1. The van der Waals surface area contributed by atoms with Gasteiger partial charge in [0.25, 0.3) is 5.91 Å². The molecule has 2 aromatic rings. The van der Waals surface area contributed by atoms with E-state index in [2.05, 4.69) is 11.0 Å². The lowest BCUT2D eigenvalue weighted by Gasteiger charge is -2.42. The van der Waals surface area contributed by atoms with Crippen LogP contribution in [0.25, 0.3) is 0 Å². The Bertz CT molecular complexity index is 1020. The fourth-order valence-electron chi connectivity index (χ4n) is 4.81. The van der Waals surface area contributed by atoms with E-state index in [9.17, 15) is 9.59 Å². The summed E-state index contributed by atoms with van der Waals surface area (Å²) in [7, 11) is 0. The fraction of sp³-hybridized carbons (Fsp3) is 0.417. The van der Waals surface area contributed by atoms with Crippen molar-refractivity contribution < 1.29 is 9.59 Å². The monoisotopic (exact) mass is 457 g/mol. The second kappa shape index (κ2) is 8.36. The molecule has 1 aliphatic carbocycles. The van der Waals surface area contributed by atoms with Gasteiger partial charge in [-0.1, -0.05) is 35.3 Å².